The lowest BCUT2D eigenvalue weighted by Crippen LogP contribution is -2.37. The fourth-order valence-corrected chi connectivity index (χ4v) is 1.76. The third-order valence-corrected chi connectivity index (χ3v) is 3.32. The van der Waals surface area contributed by atoms with Crippen molar-refractivity contribution in [2.75, 3.05) is 0 Å². The first-order valence-corrected chi connectivity index (χ1v) is 6.11. The Morgan fingerprint density at radius 3 is 2.63 bits per heavy atom. The molecule has 0 bridgehead atoms. The van der Waals surface area contributed by atoms with Crippen LogP contribution in [-0.4, -0.2) is 28.1 Å². The number of hydrogen-bond acceptors (Lipinski definition) is 3. The molecule has 19 heavy (non-hydrogen) atoms. The maximum absolute atomic E-state index is 11.6. The number of aromatic carboxylic acids is 1. The molecule has 0 aromatic carbocycles. The number of carbonyl (C=O) groups excluding carboxylic acids is 1. The Morgan fingerprint density at radius 1 is 1.47 bits per heavy atom. The highest BCUT2D eigenvalue weighted by Crippen LogP contribution is 2.44. The van der Waals surface area contributed by atoms with Gasteiger partial charge in [0.2, 0.25) is 0 Å². The maximum atomic E-state index is 11.6. The summed E-state index contributed by atoms with van der Waals surface area (Å²) in [5, 5.41) is 14.3. The number of nitrogens with zero attached hydrogens (tertiary/aromatic N) is 1. The second-order valence-corrected chi connectivity index (χ2v) is 5.43. The van der Waals surface area contributed by atoms with Crippen molar-refractivity contribution in [3.63, 3.8) is 0 Å². The van der Waals surface area contributed by atoms with E-state index < -0.39 is 5.97 Å². The van der Waals surface area contributed by atoms with Gasteiger partial charge in [0, 0.05) is 18.8 Å². The number of carboxylic acid groups (broad SMARTS) is 1. The third kappa shape index (κ3) is 3.43. The van der Waals surface area contributed by atoms with E-state index in [1.165, 1.54) is 12.3 Å². The molecule has 2 rings (SSSR count). The number of hydrogen-bond donors (Lipinski definition) is 3. The molecule has 0 saturated heterocycles. The van der Waals surface area contributed by atoms with Crippen LogP contribution in [0.25, 0.3) is 0 Å². The summed E-state index contributed by atoms with van der Waals surface area (Å²) in [6, 6.07) is 3.08. The molecule has 2 amide bonds. The third-order valence-electron chi connectivity index (χ3n) is 3.32. The number of aromatic nitrogens is 1. The normalized spacial score (nSPS) is 19.6. The van der Waals surface area contributed by atoms with Gasteiger partial charge in [-0.25, -0.2) is 14.6 Å². The fourth-order valence-electron chi connectivity index (χ4n) is 1.76. The first kappa shape index (κ1) is 13.3. The number of amides is 2. The van der Waals surface area contributed by atoms with E-state index in [4.69, 9.17) is 5.11 Å². The van der Waals surface area contributed by atoms with E-state index in [-0.39, 0.29) is 23.2 Å². The zero-order chi connectivity index (χ0) is 14.0. The van der Waals surface area contributed by atoms with Crippen molar-refractivity contribution < 1.29 is 14.7 Å². The molecule has 1 atom stereocenters. The standard InChI is InChI=1S/C13H17N3O3/c1-13(2)5-10(13)16-12(19)15-7-8-3-4-9(11(17)18)14-6-8/h3-4,6,10H,5,7H2,1-2H3,(H,17,18)(H2,15,16,19). The monoisotopic (exact) mass is 263 g/mol. The van der Waals surface area contributed by atoms with Crippen molar-refractivity contribution in [2.24, 2.45) is 5.41 Å². The zero-order valence-corrected chi connectivity index (χ0v) is 10.9. The Labute approximate surface area is 111 Å². The van der Waals surface area contributed by atoms with Crippen LogP contribution >= 0.6 is 0 Å². The van der Waals surface area contributed by atoms with E-state index in [0.717, 1.165) is 12.0 Å². The van der Waals surface area contributed by atoms with Crippen molar-refractivity contribution in [3.05, 3.63) is 29.6 Å². The van der Waals surface area contributed by atoms with Crippen molar-refractivity contribution in [1.82, 2.24) is 15.6 Å². The lowest BCUT2D eigenvalue weighted by atomic mass is 10.2. The predicted molar refractivity (Wildman–Crippen MR) is 68.8 cm³/mol. The van der Waals surface area contributed by atoms with Gasteiger partial charge in [0.1, 0.15) is 5.69 Å². The average molecular weight is 263 g/mol. The molecule has 0 aliphatic heterocycles. The molecule has 1 aliphatic rings. The van der Waals surface area contributed by atoms with Gasteiger partial charge in [-0.15, -0.1) is 0 Å². The molecule has 1 aromatic rings. The Kier molecular flexibility index (Phi) is 3.42. The first-order chi connectivity index (χ1) is 8.88. The van der Waals surface area contributed by atoms with Crippen LogP contribution in [0, 0.1) is 5.41 Å². The van der Waals surface area contributed by atoms with Gasteiger partial charge in [-0.1, -0.05) is 19.9 Å². The first-order valence-electron chi connectivity index (χ1n) is 6.11. The van der Waals surface area contributed by atoms with E-state index in [2.05, 4.69) is 29.5 Å². The van der Waals surface area contributed by atoms with Crippen LogP contribution in [0.15, 0.2) is 18.3 Å². The Morgan fingerprint density at radius 2 is 2.16 bits per heavy atom. The van der Waals surface area contributed by atoms with Gasteiger partial charge in [0.05, 0.1) is 0 Å². The number of carboxylic acids is 1. The number of pyridine rings is 1. The van der Waals surface area contributed by atoms with Crippen LogP contribution in [-0.2, 0) is 6.54 Å². The van der Waals surface area contributed by atoms with Crippen molar-refractivity contribution in [3.8, 4) is 0 Å². The van der Waals surface area contributed by atoms with E-state index in [1.54, 1.807) is 6.07 Å². The molecular formula is C13H17N3O3. The molecule has 102 valence electrons. The summed E-state index contributed by atoms with van der Waals surface area (Å²) in [6.07, 6.45) is 2.44. The van der Waals surface area contributed by atoms with Gasteiger partial charge >= 0.3 is 12.0 Å². The van der Waals surface area contributed by atoms with E-state index in [0.29, 0.717) is 6.54 Å². The summed E-state index contributed by atoms with van der Waals surface area (Å²) in [7, 11) is 0. The number of urea groups is 1. The molecule has 6 heteroatoms. The van der Waals surface area contributed by atoms with Crippen LogP contribution in [0.1, 0.15) is 36.3 Å². The molecule has 1 fully saturated rings. The second-order valence-electron chi connectivity index (χ2n) is 5.43. The van der Waals surface area contributed by atoms with Crippen LogP contribution in [0.4, 0.5) is 4.79 Å². The highest BCUT2D eigenvalue weighted by molar-refractivity contribution is 5.85. The molecule has 3 N–H and O–H groups in total. The second kappa shape index (κ2) is 4.87. The summed E-state index contributed by atoms with van der Waals surface area (Å²) in [5.74, 6) is -1.06. The summed E-state index contributed by atoms with van der Waals surface area (Å²) in [4.78, 5) is 26.0. The number of carbonyl (C=O) groups is 2. The number of rotatable bonds is 4. The molecule has 1 unspecified atom stereocenters. The molecule has 1 saturated carbocycles. The minimum absolute atomic E-state index is 0.00654. The van der Waals surface area contributed by atoms with Crippen molar-refractivity contribution in [2.45, 2.75) is 32.9 Å². The molecule has 1 aliphatic carbocycles. The summed E-state index contributed by atoms with van der Waals surface area (Å²) in [6.45, 7) is 4.53. The largest absolute Gasteiger partial charge is 0.477 e. The topological polar surface area (TPSA) is 91.3 Å². The van der Waals surface area contributed by atoms with Crippen molar-refractivity contribution >= 4 is 12.0 Å². The van der Waals surface area contributed by atoms with Gasteiger partial charge < -0.3 is 15.7 Å². The summed E-state index contributed by atoms with van der Waals surface area (Å²) < 4.78 is 0. The SMILES string of the molecule is CC1(C)CC1NC(=O)NCc1ccc(C(=O)O)nc1. The summed E-state index contributed by atoms with van der Waals surface area (Å²) in [5.41, 5.74) is 0.949. The lowest BCUT2D eigenvalue weighted by molar-refractivity contribution is 0.0690. The van der Waals surface area contributed by atoms with Crippen LogP contribution in [0.2, 0.25) is 0 Å². The molecule has 0 radical (unpaired) electrons. The van der Waals surface area contributed by atoms with E-state index in [9.17, 15) is 9.59 Å². The van der Waals surface area contributed by atoms with Crippen molar-refractivity contribution in [1.29, 1.82) is 0 Å². The minimum Gasteiger partial charge on any atom is -0.477 e. The lowest BCUT2D eigenvalue weighted by Gasteiger charge is -2.08. The molecule has 6 nitrogen and oxygen atoms in total. The molecule has 0 spiro atoms. The van der Waals surface area contributed by atoms with Crippen LogP contribution < -0.4 is 10.6 Å². The Bertz CT molecular complexity index is 496. The average Bonchev–Trinajstić information content (AvgIpc) is 2.94. The van der Waals surface area contributed by atoms with Crippen LogP contribution in [0.3, 0.4) is 0 Å². The quantitative estimate of drug-likeness (QED) is 0.765. The Balaban J connectivity index is 1.79. The van der Waals surface area contributed by atoms with Crippen LogP contribution in [0.5, 0.6) is 0 Å². The zero-order valence-electron chi connectivity index (χ0n) is 10.9. The van der Waals surface area contributed by atoms with Gasteiger partial charge in [-0.2, -0.15) is 0 Å². The Hall–Kier alpha value is -2.11. The van der Waals surface area contributed by atoms with Gasteiger partial charge in [-0.3, -0.25) is 0 Å². The highest BCUT2D eigenvalue weighted by atomic mass is 16.4. The molecule has 1 aromatic heterocycles. The minimum atomic E-state index is -1.06. The molecule has 1 heterocycles. The summed E-state index contributed by atoms with van der Waals surface area (Å²) >= 11 is 0. The number of nitrogens with one attached hydrogen (secondary N) is 2. The van der Waals surface area contributed by atoms with Gasteiger partial charge in [0.25, 0.3) is 0 Å². The highest BCUT2D eigenvalue weighted by Gasteiger charge is 2.46. The van der Waals surface area contributed by atoms with Gasteiger partial charge in [0.15, 0.2) is 0 Å². The predicted octanol–water partition coefficient (Wildman–Crippen LogP) is 1.38. The smallest absolute Gasteiger partial charge is 0.354 e. The molecular weight excluding hydrogens is 246 g/mol. The van der Waals surface area contributed by atoms with Gasteiger partial charge in [-0.05, 0) is 23.5 Å². The fraction of sp³-hybridized carbons (Fsp3) is 0.462. The van der Waals surface area contributed by atoms with E-state index >= 15 is 0 Å². The van der Waals surface area contributed by atoms with E-state index in [1.807, 2.05) is 0 Å². The maximum Gasteiger partial charge on any atom is 0.354 e.